The third kappa shape index (κ3) is 4.44. The van der Waals surface area contributed by atoms with Crippen LogP contribution in [0, 0.1) is 0 Å². The lowest BCUT2D eigenvalue weighted by molar-refractivity contribution is -0.136. The van der Waals surface area contributed by atoms with E-state index in [0.717, 1.165) is 0 Å². The van der Waals surface area contributed by atoms with E-state index >= 15 is 0 Å². The molecule has 1 unspecified atom stereocenters. The van der Waals surface area contributed by atoms with Gasteiger partial charge in [0.1, 0.15) is 11.8 Å². The van der Waals surface area contributed by atoms with Crippen LogP contribution in [0.1, 0.15) is 23.8 Å². The second-order valence-electron chi connectivity index (χ2n) is 4.44. The lowest BCUT2D eigenvalue weighted by Gasteiger charge is -2.17. The summed E-state index contributed by atoms with van der Waals surface area (Å²) in [4.78, 5) is 10.5. The van der Waals surface area contributed by atoms with Crippen LogP contribution in [0.25, 0.3) is 0 Å². The van der Waals surface area contributed by atoms with Crippen LogP contribution in [-0.2, 0) is 14.8 Å². The first-order valence-electron chi connectivity index (χ1n) is 6.28. The van der Waals surface area contributed by atoms with Crippen molar-refractivity contribution in [2.75, 3.05) is 5.75 Å². The molecular weight excluding hydrogens is 294 g/mol. The van der Waals surface area contributed by atoms with Crippen LogP contribution in [0.2, 0.25) is 0 Å². The van der Waals surface area contributed by atoms with Gasteiger partial charge in [-0.05, 0) is 17.7 Å². The fraction of sp³-hybridized carbons (Fsp3) is 0.214. The first-order valence-corrected chi connectivity index (χ1v) is 7.93. The van der Waals surface area contributed by atoms with Crippen LogP contribution in [0.15, 0.2) is 53.1 Å². The molecule has 0 radical (unpaired) electrons. The number of carboxylic acid groups (broad SMARTS) is 1. The van der Waals surface area contributed by atoms with Crippen molar-refractivity contribution in [2.24, 2.45) is 0 Å². The third-order valence-corrected chi connectivity index (χ3v) is 4.18. The molecule has 112 valence electrons. The highest BCUT2D eigenvalue weighted by Crippen LogP contribution is 2.23. The van der Waals surface area contributed by atoms with Crippen molar-refractivity contribution in [2.45, 2.75) is 12.5 Å². The van der Waals surface area contributed by atoms with E-state index in [1.54, 1.807) is 36.4 Å². The Hall–Kier alpha value is -2.12. The van der Waals surface area contributed by atoms with E-state index in [9.17, 15) is 13.2 Å². The van der Waals surface area contributed by atoms with Crippen molar-refractivity contribution in [3.63, 3.8) is 0 Å². The highest BCUT2D eigenvalue weighted by atomic mass is 32.2. The maximum atomic E-state index is 12.0. The lowest BCUT2D eigenvalue weighted by atomic mass is 10.1. The minimum atomic E-state index is -3.74. The van der Waals surface area contributed by atoms with E-state index in [1.807, 2.05) is 6.07 Å². The molecule has 0 aliphatic carbocycles. The summed E-state index contributed by atoms with van der Waals surface area (Å²) >= 11 is 0. The highest BCUT2D eigenvalue weighted by Gasteiger charge is 2.23. The summed E-state index contributed by atoms with van der Waals surface area (Å²) in [7, 11) is -3.74. The molecule has 1 heterocycles. The first-order chi connectivity index (χ1) is 9.98. The molecule has 0 saturated heterocycles. The molecule has 2 aromatic rings. The number of hydrogen-bond donors (Lipinski definition) is 2. The standard InChI is InChI=1S/C14H15NO5S/c16-13(17)8-10-21(18,19)15-14(12-7-4-9-20-12)11-5-2-1-3-6-11/h1-7,9,14-15H,8,10H2,(H,16,17). The second-order valence-corrected chi connectivity index (χ2v) is 6.31. The average Bonchev–Trinajstić information content (AvgIpc) is 2.98. The molecule has 0 bridgehead atoms. The molecule has 6 nitrogen and oxygen atoms in total. The van der Waals surface area contributed by atoms with Crippen LogP contribution in [0.5, 0.6) is 0 Å². The Morgan fingerprint density at radius 3 is 2.48 bits per heavy atom. The number of carboxylic acids is 1. The lowest BCUT2D eigenvalue weighted by Crippen LogP contribution is -2.31. The van der Waals surface area contributed by atoms with Gasteiger partial charge in [0.25, 0.3) is 0 Å². The van der Waals surface area contributed by atoms with Crippen LogP contribution in [0.4, 0.5) is 0 Å². The summed E-state index contributed by atoms with van der Waals surface area (Å²) in [6.45, 7) is 0. The van der Waals surface area contributed by atoms with Crippen molar-refractivity contribution >= 4 is 16.0 Å². The molecule has 0 fully saturated rings. The quantitative estimate of drug-likeness (QED) is 0.812. The number of sulfonamides is 1. The number of nitrogens with one attached hydrogen (secondary N) is 1. The summed E-state index contributed by atoms with van der Waals surface area (Å²) in [5, 5.41) is 8.60. The molecule has 1 aromatic heterocycles. The van der Waals surface area contributed by atoms with Gasteiger partial charge in [0.15, 0.2) is 0 Å². The molecule has 1 aromatic carbocycles. The second kappa shape index (κ2) is 6.55. The molecule has 0 amide bonds. The molecule has 2 N–H and O–H groups in total. The minimum Gasteiger partial charge on any atom is -0.481 e. The molecule has 0 aliphatic heterocycles. The van der Waals surface area contributed by atoms with Gasteiger partial charge in [-0.2, -0.15) is 0 Å². The SMILES string of the molecule is O=C(O)CCS(=O)(=O)NC(c1ccccc1)c1ccco1. The predicted octanol–water partition coefficient (Wildman–Crippen LogP) is 1.76. The monoisotopic (exact) mass is 309 g/mol. The summed E-state index contributed by atoms with van der Waals surface area (Å²) in [5.74, 6) is -1.19. The molecule has 1 atom stereocenters. The number of benzene rings is 1. The van der Waals surface area contributed by atoms with Crippen LogP contribution >= 0.6 is 0 Å². The molecule has 7 heteroatoms. The van der Waals surface area contributed by atoms with Gasteiger partial charge in [0, 0.05) is 0 Å². The van der Waals surface area contributed by atoms with Gasteiger partial charge in [0.2, 0.25) is 10.0 Å². The Morgan fingerprint density at radius 2 is 1.90 bits per heavy atom. The largest absolute Gasteiger partial charge is 0.481 e. The smallest absolute Gasteiger partial charge is 0.304 e. The van der Waals surface area contributed by atoms with Crippen molar-refractivity contribution in [1.29, 1.82) is 0 Å². The summed E-state index contributed by atoms with van der Waals surface area (Å²) in [6, 6.07) is 11.6. The predicted molar refractivity (Wildman–Crippen MR) is 76.2 cm³/mol. The summed E-state index contributed by atoms with van der Waals surface area (Å²) in [6.07, 6.45) is 1.01. The number of furan rings is 1. The van der Waals surface area contributed by atoms with E-state index < -0.39 is 34.2 Å². The van der Waals surface area contributed by atoms with Gasteiger partial charge in [-0.1, -0.05) is 30.3 Å². The van der Waals surface area contributed by atoms with E-state index in [0.29, 0.717) is 11.3 Å². The number of hydrogen-bond acceptors (Lipinski definition) is 4. The molecule has 0 aliphatic rings. The summed E-state index contributed by atoms with van der Waals surface area (Å²) < 4.78 is 31.8. The fourth-order valence-corrected chi connectivity index (χ4v) is 3.02. The van der Waals surface area contributed by atoms with Gasteiger partial charge in [-0.25, -0.2) is 13.1 Å². The zero-order valence-corrected chi connectivity index (χ0v) is 11.9. The highest BCUT2D eigenvalue weighted by molar-refractivity contribution is 7.89. The van der Waals surface area contributed by atoms with Crippen molar-refractivity contribution in [1.82, 2.24) is 4.72 Å². The Kier molecular flexibility index (Phi) is 4.77. The minimum absolute atomic E-state index is 0.445. The Morgan fingerprint density at radius 1 is 1.19 bits per heavy atom. The zero-order valence-electron chi connectivity index (χ0n) is 11.1. The molecule has 2 rings (SSSR count). The topological polar surface area (TPSA) is 96.6 Å². The van der Waals surface area contributed by atoms with Gasteiger partial charge in [0.05, 0.1) is 18.4 Å². The molecule has 21 heavy (non-hydrogen) atoms. The summed E-state index contributed by atoms with van der Waals surface area (Å²) in [5.41, 5.74) is 0.714. The maximum absolute atomic E-state index is 12.0. The van der Waals surface area contributed by atoms with E-state index in [1.165, 1.54) is 6.26 Å². The normalized spacial score (nSPS) is 13.0. The van der Waals surface area contributed by atoms with E-state index in [4.69, 9.17) is 9.52 Å². The first kappa shape index (κ1) is 15.3. The maximum Gasteiger partial charge on any atom is 0.304 e. The average molecular weight is 309 g/mol. The van der Waals surface area contributed by atoms with Crippen LogP contribution in [0.3, 0.4) is 0 Å². The van der Waals surface area contributed by atoms with Gasteiger partial charge in [-0.3, -0.25) is 4.79 Å². The number of carbonyl (C=O) groups is 1. The van der Waals surface area contributed by atoms with Crippen molar-refractivity contribution in [3.8, 4) is 0 Å². The Labute approximate surface area is 122 Å². The molecule has 0 spiro atoms. The van der Waals surface area contributed by atoms with E-state index in [2.05, 4.69) is 4.72 Å². The molecule has 0 saturated carbocycles. The van der Waals surface area contributed by atoms with Crippen molar-refractivity contribution in [3.05, 3.63) is 60.1 Å². The van der Waals surface area contributed by atoms with Crippen LogP contribution in [-0.4, -0.2) is 25.2 Å². The number of rotatable bonds is 7. The van der Waals surface area contributed by atoms with Crippen molar-refractivity contribution < 1.29 is 22.7 Å². The number of aliphatic carboxylic acids is 1. The van der Waals surface area contributed by atoms with Gasteiger partial charge >= 0.3 is 5.97 Å². The van der Waals surface area contributed by atoms with Crippen LogP contribution < -0.4 is 4.72 Å². The van der Waals surface area contributed by atoms with E-state index in [-0.39, 0.29) is 0 Å². The third-order valence-electron chi connectivity index (χ3n) is 2.84. The Bertz CT molecular complexity index is 679. The Balaban J connectivity index is 2.24. The van der Waals surface area contributed by atoms with Gasteiger partial charge in [-0.15, -0.1) is 0 Å². The fourth-order valence-electron chi connectivity index (χ4n) is 1.85. The van der Waals surface area contributed by atoms with Gasteiger partial charge < -0.3 is 9.52 Å². The zero-order chi connectivity index (χ0) is 15.3. The molecular formula is C14H15NO5S.